The smallest absolute Gasteiger partial charge is 0.479 e. The summed E-state index contributed by atoms with van der Waals surface area (Å²) in [6.45, 7) is 30.6. The minimum absolute atomic E-state index is 0.0434. The van der Waals surface area contributed by atoms with E-state index in [9.17, 15) is 39.6 Å². The fraction of sp³-hybridized carbons (Fsp3) is 0.764. The Morgan fingerprint density at radius 3 is 2.07 bits per heavy atom. The number of ether oxygens (including phenoxy) is 7. The van der Waals surface area contributed by atoms with Gasteiger partial charge in [0.05, 0.1) is 11.2 Å². The van der Waals surface area contributed by atoms with Gasteiger partial charge in [-0.15, -0.1) is 0 Å². The fourth-order valence-corrected chi connectivity index (χ4v) is 10.6. The van der Waals surface area contributed by atoms with E-state index in [-0.39, 0.29) is 11.8 Å². The van der Waals surface area contributed by atoms with Crippen LogP contribution in [0.3, 0.4) is 0 Å². The van der Waals surface area contributed by atoms with E-state index in [0.717, 1.165) is 67.2 Å². The molecule has 1 aromatic carbocycles. The number of unbranched alkanes of at least 4 members (excludes halogenated alkanes) is 2. The van der Waals surface area contributed by atoms with Crippen LogP contribution in [0.25, 0.3) is 0 Å². The summed E-state index contributed by atoms with van der Waals surface area (Å²) in [7, 11) is -2.73. The summed E-state index contributed by atoms with van der Waals surface area (Å²) in [5.74, 6) is -1.87. The fourth-order valence-electron chi connectivity index (χ4n) is 9.96. The highest BCUT2D eigenvalue weighted by atomic mass is 28.4. The van der Waals surface area contributed by atoms with Crippen molar-refractivity contribution in [2.45, 2.75) is 257 Å². The van der Waals surface area contributed by atoms with Crippen LogP contribution >= 0.6 is 0 Å². The van der Waals surface area contributed by atoms with Crippen LogP contribution in [0, 0.1) is 5.92 Å². The van der Waals surface area contributed by atoms with Gasteiger partial charge in [0.15, 0.2) is 27.0 Å². The lowest BCUT2D eigenvalue weighted by atomic mass is 9.72. The highest BCUT2D eigenvalue weighted by molar-refractivity contribution is 6.72. The molecule has 0 bridgehead atoms. The van der Waals surface area contributed by atoms with E-state index in [1.807, 2.05) is 60.7 Å². The molecule has 1 aliphatic carbocycles. The minimum Gasteiger partial charge on any atom is -0.479 e. The summed E-state index contributed by atoms with van der Waals surface area (Å²) < 4.78 is 43.6. The van der Waals surface area contributed by atoms with Crippen molar-refractivity contribution in [1.29, 1.82) is 0 Å². The first-order valence-corrected chi connectivity index (χ1v) is 29.4. The zero-order chi connectivity index (χ0) is 54.1. The summed E-state index contributed by atoms with van der Waals surface area (Å²) in [6.07, 6.45) is -5.07. The van der Waals surface area contributed by atoms with Crippen LogP contribution < -0.4 is 10.1 Å². The molecular weight excluding hydrogens is 943 g/mol. The molecule has 16 nitrogen and oxygen atoms in total. The highest BCUT2D eigenvalue weighted by Crippen LogP contribution is 2.48. The standard InChI is InChI=1S/C55H91NO15Si/c1-16-21-22-23-35-28-36(30-53(10,11)72(14,15)64)41(38-27-33(8)24-25-37(38)32(6)7)39(29-35)67-52(63)65-31-40-43(58)46(42(56-34(9)57)50(66-40)71-55(13,20-5)26-17-2)68-51-45(60)44(59)47(48(69-51)49(61)62)70-54(12,18-3)19-4/h27-29,37-38,40,42-48,50-51,58-60,64H,6,16-26,30-31H2,1-5,7-15H3,(H,56,57)(H,61,62)/t37-,38+,40?,42?,43?,44?,45?,46?,47?,48?,50?,51?,55?/m0/s1. The van der Waals surface area contributed by atoms with Crippen LogP contribution in [0.1, 0.15) is 170 Å². The molecule has 3 aliphatic rings. The Hall–Kier alpha value is -3.23. The number of carboxylic acid groups (broad SMARTS) is 1. The molecule has 0 radical (unpaired) electrons. The van der Waals surface area contributed by atoms with Crippen molar-refractivity contribution in [3.8, 4) is 5.75 Å². The van der Waals surface area contributed by atoms with Crippen molar-refractivity contribution >= 4 is 26.3 Å². The van der Waals surface area contributed by atoms with Gasteiger partial charge >= 0.3 is 12.1 Å². The predicted octanol–water partition coefficient (Wildman–Crippen LogP) is 8.93. The minimum atomic E-state index is -2.73. The lowest BCUT2D eigenvalue weighted by Crippen LogP contribution is -2.69. The number of nitrogens with one attached hydrogen (secondary N) is 1. The van der Waals surface area contributed by atoms with Crippen molar-refractivity contribution in [2.75, 3.05) is 6.61 Å². The molecule has 0 aromatic heterocycles. The maximum Gasteiger partial charge on any atom is 0.513 e. The molecule has 11 unspecified atom stereocenters. The highest BCUT2D eigenvalue weighted by Gasteiger charge is 2.55. The maximum absolute atomic E-state index is 14.3. The Kier molecular flexibility index (Phi) is 22.2. The van der Waals surface area contributed by atoms with Crippen molar-refractivity contribution in [2.24, 2.45) is 5.92 Å². The number of aryl methyl sites for hydroxylation is 1. The Balaban J connectivity index is 1.79. The Morgan fingerprint density at radius 1 is 0.861 bits per heavy atom. The molecular formula is C55H91NO15Si. The normalized spacial score (nSPS) is 29.2. The average molecular weight is 1030 g/mol. The van der Waals surface area contributed by atoms with Gasteiger partial charge in [0.1, 0.15) is 55.0 Å². The second kappa shape index (κ2) is 26.0. The topological polar surface area (TPSA) is 229 Å². The summed E-state index contributed by atoms with van der Waals surface area (Å²) in [5.41, 5.74) is 3.30. The quantitative estimate of drug-likeness (QED) is 0.0177. The lowest BCUT2D eigenvalue weighted by Gasteiger charge is -2.49. The second-order valence-corrected chi connectivity index (χ2v) is 26.9. The molecule has 0 spiro atoms. The van der Waals surface area contributed by atoms with Crippen LogP contribution in [0.4, 0.5) is 4.79 Å². The van der Waals surface area contributed by atoms with Crippen LogP contribution in [0.15, 0.2) is 35.9 Å². The van der Waals surface area contributed by atoms with E-state index >= 15 is 0 Å². The molecule has 72 heavy (non-hydrogen) atoms. The van der Waals surface area contributed by atoms with Crippen LogP contribution in [-0.2, 0) is 50.9 Å². The summed E-state index contributed by atoms with van der Waals surface area (Å²) >= 11 is 0. The first-order chi connectivity index (χ1) is 33.6. The summed E-state index contributed by atoms with van der Waals surface area (Å²) in [6, 6.07) is 2.81. The molecule has 2 aliphatic heterocycles. The van der Waals surface area contributed by atoms with Gasteiger partial charge in [-0.05, 0) is 127 Å². The first-order valence-electron chi connectivity index (χ1n) is 26.5. The Morgan fingerprint density at radius 2 is 1.51 bits per heavy atom. The number of hydrogen-bond donors (Lipinski definition) is 6. The van der Waals surface area contributed by atoms with Crippen molar-refractivity contribution in [1.82, 2.24) is 5.32 Å². The van der Waals surface area contributed by atoms with Gasteiger partial charge in [-0.25, -0.2) is 9.59 Å². The molecule has 0 saturated carbocycles. The largest absolute Gasteiger partial charge is 0.513 e. The van der Waals surface area contributed by atoms with Gasteiger partial charge in [-0.3, -0.25) is 4.79 Å². The zero-order valence-electron chi connectivity index (χ0n) is 45.9. The number of carbonyl (C=O) groups excluding carboxylic acids is 2. The van der Waals surface area contributed by atoms with Gasteiger partial charge in [0, 0.05) is 18.4 Å². The molecule has 2 heterocycles. The van der Waals surface area contributed by atoms with Crippen molar-refractivity contribution < 1.29 is 72.8 Å². The first kappa shape index (κ1) is 61.3. The predicted molar refractivity (Wildman–Crippen MR) is 277 cm³/mol. The molecule has 1 amide bonds. The van der Waals surface area contributed by atoms with E-state index in [0.29, 0.717) is 37.9 Å². The third kappa shape index (κ3) is 15.4. The number of aliphatic hydroxyl groups excluding tert-OH is 3. The molecule has 1 aromatic rings. The van der Waals surface area contributed by atoms with Crippen LogP contribution in [0.5, 0.6) is 5.75 Å². The number of carboxylic acids is 1. The van der Waals surface area contributed by atoms with Gasteiger partial charge in [-0.2, -0.15) is 0 Å². The van der Waals surface area contributed by atoms with E-state index in [4.69, 9.17) is 33.2 Å². The molecule has 4 rings (SSSR count). The van der Waals surface area contributed by atoms with E-state index in [1.165, 1.54) is 12.5 Å². The summed E-state index contributed by atoms with van der Waals surface area (Å²) in [4.78, 5) is 51.5. The monoisotopic (exact) mass is 1030 g/mol. The van der Waals surface area contributed by atoms with Crippen LogP contribution in [0.2, 0.25) is 18.1 Å². The molecule has 13 atom stereocenters. The second-order valence-electron chi connectivity index (χ2n) is 22.5. The number of amides is 1. The van der Waals surface area contributed by atoms with Gasteiger partial charge < -0.3 is 63.7 Å². The SMILES string of the molecule is C=C(C)[C@@H]1CCC(C)=C[C@H]1c1c(CC(C)(C)[Si](C)(C)O)cc(CCCCC)cc1OC(=O)OCC1OC(OC(C)(CC)CCC)C(NC(C)=O)C(OC2OC(C(=O)O)C(OC(C)(CC)CC)C(O)C2O)C1O. The van der Waals surface area contributed by atoms with E-state index < -0.39 is 111 Å². The number of carbonyl (C=O) groups is 3. The van der Waals surface area contributed by atoms with E-state index in [2.05, 4.69) is 51.7 Å². The average Bonchev–Trinajstić information content (AvgIpc) is 3.29. The van der Waals surface area contributed by atoms with E-state index in [1.54, 1.807) is 6.92 Å². The third-order valence-corrected chi connectivity index (χ3v) is 19.4. The Bertz CT molecular complexity index is 2020. The number of aliphatic carboxylic acids is 1. The Labute approximate surface area is 430 Å². The zero-order valence-corrected chi connectivity index (χ0v) is 46.9. The van der Waals surface area contributed by atoms with Gasteiger partial charge in [0.25, 0.3) is 0 Å². The molecule has 2 saturated heterocycles. The lowest BCUT2D eigenvalue weighted by molar-refractivity contribution is -0.354. The number of benzene rings is 1. The summed E-state index contributed by atoms with van der Waals surface area (Å²) in [5, 5.41) is 47.9. The maximum atomic E-state index is 14.3. The van der Waals surface area contributed by atoms with Crippen molar-refractivity contribution in [3.05, 3.63) is 52.6 Å². The molecule has 6 N–H and O–H groups in total. The number of rotatable bonds is 25. The van der Waals surface area contributed by atoms with Crippen LogP contribution in [-0.4, -0.2) is 131 Å². The molecule has 2 fully saturated rings. The third-order valence-electron chi connectivity index (χ3n) is 15.9. The van der Waals surface area contributed by atoms with Gasteiger partial charge in [-0.1, -0.05) is 97.6 Å². The number of allylic oxidation sites excluding steroid dienone is 3. The van der Waals surface area contributed by atoms with Gasteiger partial charge in [0.2, 0.25) is 5.91 Å². The number of hydrogen-bond acceptors (Lipinski definition) is 14. The van der Waals surface area contributed by atoms with Crippen molar-refractivity contribution in [3.63, 3.8) is 0 Å². The molecule has 17 heteroatoms. The number of aliphatic hydroxyl groups is 3. The molecule has 410 valence electrons.